The molecule has 0 aliphatic heterocycles. The van der Waals surface area contributed by atoms with Crippen molar-refractivity contribution in [1.29, 1.82) is 0 Å². The summed E-state index contributed by atoms with van der Waals surface area (Å²) >= 11 is 3.06. The van der Waals surface area contributed by atoms with Gasteiger partial charge in [-0.15, -0.1) is 0 Å². The van der Waals surface area contributed by atoms with Gasteiger partial charge in [-0.2, -0.15) is 0 Å². The summed E-state index contributed by atoms with van der Waals surface area (Å²) in [5, 5.41) is 5.68. The van der Waals surface area contributed by atoms with E-state index in [4.69, 9.17) is 5.73 Å². The molecule has 18 heavy (non-hydrogen) atoms. The Morgan fingerprint density at radius 2 is 2.06 bits per heavy atom. The summed E-state index contributed by atoms with van der Waals surface area (Å²) in [7, 11) is 0. The van der Waals surface area contributed by atoms with Crippen LogP contribution in [0.5, 0.6) is 0 Å². The topological polar surface area (TPSA) is 67.2 Å². The molecule has 1 aromatic carbocycles. The highest BCUT2D eigenvalue weighted by Crippen LogP contribution is 2.26. The van der Waals surface area contributed by atoms with Crippen LogP contribution in [0.3, 0.4) is 0 Å². The lowest BCUT2D eigenvalue weighted by Crippen LogP contribution is -2.43. The Hall–Kier alpha value is -1.30. The normalized spacial score (nSPS) is 11.2. The molecule has 4 N–H and O–H groups in total. The van der Waals surface area contributed by atoms with E-state index in [1.807, 2.05) is 20.8 Å². The number of halogens is 2. The van der Waals surface area contributed by atoms with E-state index < -0.39 is 5.82 Å². The molecule has 1 aromatic rings. The minimum absolute atomic E-state index is 0.0829. The quantitative estimate of drug-likeness (QED) is 0.750. The van der Waals surface area contributed by atoms with Crippen molar-refractivity contribution in [2.75, 3.05) is 17.6 Å². The highest BCUT2D eigenvalue weighted by Gasteiger charge is 2.14. The Balaban J connectivity index is 2.64. The van der Waals surface area contributed by atoms with E-state index in [9.17, 15) is 9.18 Å². The highest BCUT2D eigenvalue weighted by molar-refractivity contribution is 9.10. The number of benzene rings is 1. The van der Waals surface area contributed by atoms with E-state index in [1.165, 1.54) is 12.1 Å². The zero-order chi connectivity index (χ0) is 13.9. The van der Waals surface area contributed by atoms with Crippen LogP contribution >= 0.6 is 15.9 Å². The van der Waals surface area contributed by atoms with Crippen molar-refractivity contribution in [2.45, 2.75) is 26.3 Å². The molecule has 0 saturated heterocycles. The summed E-state index contributed by atoms with van der Waals surface area (Å²) in [5.74, 6) is -0.584. The maximum Gasteiger partial charge on any atom is 0.239 e. The summed E-state index contributed by atoms with van der Waals surface area (Å²) in [6, 6.07) is 2.71. The van der Waals surface area contributed by atoms with Crippen molar-refractivity contribution < 1.29 is 9.18 Å². The molecule has 0 fully saturated rings. The van der Waals surface area contributed by atoms with Gasteiger partial charge in [0, 0.05) is 11.6 Å². The van der Waals surface area contributed by atoms with Crippen LogP contribution in [-0.4, -0.2) is 18.0 Å². The Kier molecular flexibility index (Phi) is 4.56. The summed E-state index contributed by atoms with van der Waals surface area (Å²) in [6.45, 7) is 5.77. The summed E-state index contributed by atoms with van der Waals surface area (Å²) < 4.78 is 13.4. The SMILES string of the molecule is CC(C)(C)NC(=O)CNc1cc(Br)c(F)cc1N. The van der Waals surface area contributed by atoms with Gasteiger partial charge in [-0.05, 0) is 42.8 Å². The second-order valence-corrected chi connectivity index (χ2v) is 5.86. The smallest absolute Gasteiger partial charge is 0.239 e. The standard InChI is InChI=1S/C12H17BrFN3O/c1-12(2,3)17-11(18)6-16-10-4-7(13)8(14)5-9(10)15/h4-5,16H,6,15H2,1-3H3,(H,17,18). The first-order valence-corrected chi connectivity index (χ1v) is 6.28. The molecule has 0 aliphatic carbocycles. The number of amides is 1. The van der Waals surface area contributed by atoms with Gasteiger partial charge >= 0.3 is 0 Å². The monoisotopic (exact) mass is 317 g/mol. The van der Waals surface area contributed by atoms with Gasteiger partial charge in [-0.3, -0.25) is 4.79 Å². The fourth-order valence-corrected chi connectivity index (χ4v) is 1.70. The third-order valence-corrected chi connectivity index (χ3v) is 2.65. The molecule has 1 amide bonds. The number of carbonyl (C=O) groups is 1. The molecular formula is C12H17BrFN3O. The maximum absolute atomic E-state index is 13.1. The highest BCUT2D eigenvalue weighted by atomic mass is 79.9. The first kappa shape index (κ1) is 14.8. The maximum atomic E-state index is 13.1. The van der Waals surface area contributed by atoms with E-state index in [2.05, 4.69) is 26.6 Å². The fraction of sp³-hybridized carbons (Fsp3) is 0.417. The molecular weight excluding hydrogens is 301 g/mol. The molecule has 0 heterocycles. The van der Waals surface area contributed by atoms with Crippen molar-refractivity contribution in [1.82, 2.24) is 5.32 Å². The molecule has 0 unspecified atom stereocenters. The van der Waals surface area contributed by atoms with Crippen molar-refractivity contribution in [3.8, 4) is 0 Å². The van der Waals surface area contributed by atoms with Gasteiger partial charge in [0.15, 0.2) is 0 Å². The molecule has 6 heteroatoms. The average molecular weight is 318 g/mol. The minimum atomic E-state index is -0.433. The number of nitrogens with one attached hydrogen (secondary N) is 2. The summed E-state index contributed by atoms with van der Waals surface area (Å²) in [4.78, 5) is 11.6. The molecule has 4 nitrogen and oxygen atoms in total. The predicted molar refractivity (Wildman–Crippen MR) is 74.9 cm³/mol. The molecule has 0 spiro atoms. The van der Waals surface area contributed by atoms with Gasteiger partial charge in [-0.1, -0.05) is 0 Å². The van der Waals surface area contributed by atoms with Crippen LogP contribution in [0.1, 0.15) is 20.8 Å². The molecule has 0 aliphatic rings. The van der Waals surface area contributed by atoms with Crippen LogP contribution in [0.15, 0.2) is 16.6 Å². The van der Waals surface area contributed by atoms with Crippen molar-refractivity contribution in [2.24, 2.45) is 0 Å². The number of nitrogen functional groups attached to an aromatic ring is 1. The van der Waals surface area contributed by atoms with Crippen LogP contribution in [-0.2, 0) is 4.79 Å². The lowest BCUT2D eigenvalue weighted by Gasteiger charge is -2.21. The van der Waals surface area contributed by atoms with Crippen LogP contribution in [0.2, 0.25) is 0 Å². The zero-order valence-electron chi connectivity index (χ0n) is 10.6. The van der Waals surface area contributed by atoms with Crippen LogP contribution in [0.25, 0.3) is 0 Å². The number of carbonyl (C=O) groups excluding carboxylic acids is 1. The second kappa shape index (κ2) is 5.56. The summed E-state index contributed by atoms with van der Waals surface area (Å²) in [6.07, 6.45) is 0. The zero-order valence-corrected chi connectivity index (χ0v) is 12.2. The van der Waals surface area contributed by atoms with Gasteiger partial charge in [0.2, 0.25) is 5.91 Å². The molecule has 0 radical (unpaired) electrons. The number of anilines is 2. The first-order chi connectivity index (χ1) is 8.19. The molecule has 0 aromatic heterocycles. The van der Waals surface area contributed by atoms with Gasteiger partial charge in [0.25, 0.3) is 0 Å². The Morgan fingerprint density at radius 3 is 2.61 bits per heavy atom. The lowest BCUT2D eigenvalue weighted by atomic mass is 10.1. The van der Waals surface area contributed by atoms with Gasteiger partial charge in [0.1, 0.15) is 5.82 Å². The van der Waals surface area contributed by atoms with E-state index in [0.717, 1.165) is 0 Å². The second-order valence-electron chi connectivity index (χ2n) is 5.01. The minimum Gasteiger partial charge on any atom is -0.397 e. The van der Waals surface area contributed by atoms with E-state index in [0.29, 0.717) is 10.2 Å². The summed E-state index contributed by atoms with van der Waals surface area (Å²) in [5.41, 5.74) is 6.15. The predicted octanol–water partition coefficient (Wildman–Crippen LogP) is 2.50. The largest absolute Gasteiger partial charge is 0.397 e. The van der Waals surface area contributed by atoms with Gasteiger partial charge in [0.05, 0.1) is 22.4 Å². The Morgan fingerprint density at radius 1 is 1.44 bits per heavy atom. The molecule has 0 atom stereocenters. The van der Waals surface area contributed by atoms with Crippen LogP contribution < -0.4 is 16.4 Å². The third kappa shape index (κ3) is 4.52. The lowest BCUT2D eigenvalue weighted by molar-refractivity contribution is -0.120. The molecule has 100 valence electrons. The fourth-order valence-electron chi connectivity index (χ4n) is 1.35. The van der Waals surface area contributed by atoms with Crippen molar-refractivity contribution in [3.05, 3.63) is 22.4 Å². The number of hydrogen-bond donors (Lipinski definition) is 3. The Bertz CT molecular complexity index is 457. The van der Waals surface area contributed by atoms with Gasteiger partial charge < -0.3 is 16.4 Å². The third-order valence-electron chi connectivity index (χ3n) is 2.05. The molecule has 0 bridgehead atoms. The van der Waals surface area contributed by atoms with Crippen LogP contribution in [0, 0.1) is 5.82 Å². The molecule has 1 rings (SSSR count). The Labute approximate surface area is 114 Å². The van der Waals surface area contributed by atoms with E-state index in [1.54, 1.807) is 0 Å². The number of nitrogens with two attached hydrogens (primary N) is 1. The average Bonchev–Trinajstić information content (AvgIpc) is 2.19. The molecule has 0 saturated carbocycles. The van der Waals surface area contributed by atoms with Crippen molar-refractivity contribution in [3.63, 3.8) is 0 Å². The van der Waals surface area contributed by atoms with Crippen molar-refractivity contribution >= 4 is 33.2 Å². The van der Waals surface area contributed by atoms with Crippen LogP contribution in [0.4, 0.5) is 15.8 Å². The van der Waals surface area contributed by atoms with E-state index >= 15 is 0 Å². The number of rotatable bonds is 3. The van der Waals surface area contributed by atoms with E-state index in [-0.39, 0.29) is 23.7 Å². The number of hydrogen-bond acceptors (Lipinski definition) is 3. The first-order valence-electron chi connectivity index (χ1n) is 5.48. The van der Waals surface area contributed by atoms with Gasteiger partial charge in [-0.25, -0.2) is 4.39 Å².